The van der Waals surface area contributed by atoms with Crippen molar-refractivity contribution in [2.24, 2.45) is 0 Å². The third-order valence-corrected chi connectivity index (χ3v) is 3.34. The molecule has 0 spiro atoms. The number of hydrogen-bond acceptors (Lipinski definition) is 5. The SMILES string of the molecule is CSc1ccc(Oc2nc(CNC(C)(C)C)co2)cc1. The molecule has 5 heteroatoms. The van der Waals surface area contributed by atoms with Gasteiger partial charge in [0, 0.05) is 17.0 Å². The molecule has 0 aliphatic carbocycles. The van der Waals surface area contributed by atoms with E-state index in [2.05, 4.69) is 31.1 Å². The van der Waals surface area contributed by atoms with E-state index < -0.39 is 0 Å². The van der Waals surface area contributed by atoms with E-state index in [0.717, 1.165) is 11.4 Å². The number of nitrogens with one attached hydrogen (secondary N) is 1. The van der Waals surface area contributed by atoms with Gasteiger partial charge in [0.2, 0.25) is 0 Å². The molecule has 2 aromatic rings. The lowest BCUT2D eigenvalue weighted by Crippen LogP contribution is -2.35. The van der Waals surface area contributed by atoms with Crippen LogP contribution < -0.4 is 10.1 Å². The fraction of sp³-hybridized carbons (Fsp3) is 0.400. The van der Waals surface area contributed by atoms with Gasteiger partial charge in [0.1, 0.15) is 12.0 Å². The molecule has 0 amide bonds. The van der Waals surface area contributed by atoms with Crippen molar-refractivity contribution in [1.29, 1.82) is 0 Å². The summed E-state index contributed by atoms with van der Waals surface area (Å²) in [6.07, 6.45) is 3.93. The molecule has 1 N–H and O–H groups in total. The van der Waals surface area contributed by atoms with Gasteiger partial charge in [0.25, 0.3) is 0 Å². The lowest BCUT2D eigenvalue weighted by molar-refractivity contribution is 0.330. The smallest absolute Gasteiger partial charge is 0.399 e. The van der Waals surface area contributed by atoms with Crippen LogP contribution in [0.4, 0.5) is 0 Å². The van der Waals surface area contributed by atoms with Gasteiger partial charge in [-0.05, 0) is 51.3 Å². The number of aromatic nitrogens is 1. The van der Waals surface area contributed by atoms with Crippen molar-refractivity contribution < 1.29 is 9.15 Å². The lowest BCUT2D eigenvalue weighted by Gasteiger charge is -2.19. The highest BCUT2D eigenvalue weighted by Crippen LogP contribution is 2.23. The van der Waals surface area contributed by atoms with Gasteiger partial charge in [-0.1, -0.05) is 0 Å². The zero-order valence-corrected chi connectivity index (χ0v) is 13.1. The number of oxazole rings is 1. The van der Waals surface area contributed by atoms with Crippen molar-refractivity contribution in [3.8, 4) is 11.8 Å². The molecule has 0 fully saturated rings. The van der Waals surface area contributed by atoms with Crippen molar-refractivity contribution in [2.75, 3.05) is 6.26 Å². The summed E-state index contributed by atoms with van der Waals surface area (Å²) in [5.74, 6) is 0.722. The zero-order valence-electron chi connectivity index (χ0n) is 12.3. The summed E-state index contributed by atoms with van der Waals surface area (Å²) in [4.78, 5) is 5.49. The van der Waals surface area contributed by atoms with Crippen LogP contribution in [-0.2, 0) is 6.54 Å². The molecule has 0 unspecified atom stereocenters. The quantitative estimate of drug-likeness (QED) is 0.841. The Morgan fingerprint density at radius 1 is 1.25 bits per heavy atom. The van der Waals surface area contributed by atoms with E-state index in [1.165, 1.54) is 4.90 Å². The van der Waals surface area contributed by atoms with E-state index >= 15 is 0 Å². The van der Waals surface area contributed by atoms with E-state index in [4.69, 9.17) is 9.15 Å². The predicted octanol–water partition coefficient (Wildman–Crippen LogP) is 4.08. The maximum Gasteiger partial charge on any atom is 0.399 e. The highest BCUT2D eigenvalue weighted by Gasteiger charge is 2.11. The predicted molar refractivity (Wildman–Crippen MR) is 81.4 cm³/mol. The summed E-state index contributed by atoms with van der Waals surface area (Å²) in [5, 5.41) is 3.35. The second-order valence-electron chi connectivity index (χ2n) is 5.49. The second kappa shape index (κ2) is 6.33. The number of nitrogens with zero attached hydrogens (tertiary/aromatic N) is 1. The van der Waals surface area contributed by atoms with E-state index in [1.54, 1.807) is 18.0 Å². The average Bonchev–Trinajstić information content (AvgIpc) is 2.84. The fourth-order valence-electron chi connectivity index (χ4n) is 1.52. The minimum Gasteiger partial charge on any atom is -0.417 e. The molecule has 0 bridgehead atoms. The summed E-state index contributed by atoms with van der Waals surface area (Å²) >= 11 is 1.69. The van der Waals surface area contributed by atoms with E-state index in [-0.39, 0.29) is 11.6 Å². The van der Waals surface area contributed by atoms with Crippen molar-refractivity contribution >= 4 is 11.8 Å². The van der Waals surface area contributed by atoms with Gasteiger partial charge in [0.05, 0.1) is 5.69 Å². The van der Waals surface area contributed by atoms with Gasteiger partial charge in [-0.2, -0.15) is 4.98 Å². The molecule has 1 aromatic heterocycles. The topological polar surface area (TPSA) is 47.3 Å². The normalized spacial score (nSPS) is 11.6. The van der Waals surface area contributed by atoms with Gasteiger partial charge >= 0.3 is 6.08 Å². The Balaban J connectivity index is 1.94. The molecule has 0 saturated carbocycles. The Hall–Kier alpha value is -1.46. The van der Waals surface area contributed by atoms with E-state index in [1.807, 2.05) is 30.5 Å². The first-order chi connectivity index (χ1) is 9.46. The minimum absolute atomic E-state index is 0.0492. The van der Waals surface area contributed by atoms with Gasteiger partial charge in [-0.15, -0.1) is 11.8 Å². The third kappa shape index (κ3) is 4.58. The first kappa shape index (κ1) is 14.9. The Kier molecular flexibility index (Phi) is 4.73. The van der Waals surface area contributed by atoms with Crippen LogP contribution in [0, 0.1) is 0 Å². The van der Waals surface area contributed by atoms with Gasteiger partial charge in [-0.25, -0.2) is 0 Å². The van der Waals surface area contributed by atoms with Crippen molar-refractivity contribution in [2.45, 2.75) is 37.8 Å². The molecule has 108 valence electrons. The molecule has 0 radical (unpaired) electrons. The molecular formula is C15H20N2O2S. The van der Waals surface area contributed by atoms with Gasteiger partial charge in [0.15, 0.2) is 0 Å². The van der Waals surface area contributed by atoms with Gasteiger partial charge in [-0.3, -0.25) is 0 Å². The van der Waals surface area contributed by atoms with E-state index in [9.17, 15) is 0 Å². The Morgan fingerprint density at radius 3 is 2.55 bits per heavy atom. The first-order valence-electron chi connectivity index (χ1n) is 6.47. The maximum absolute atomic E-state index is 5.58. The van der Waals surface area contributed by atoms with Crippen LogP contribution in [0.3, 0.4) is 0 Å². The summed E-state index contributed by atoms with van der Waals surface area (Å²) in [7, 11) is 0. The first-order valence-corrected chi connectivity index (χ1v) is 7.70. The highest BCUT2D eigenvalue weighted by molar-refractivity contribution is 7.98. The van der Waals surface area contributed by atoms with Crippen molar-refractivity contribution in [3.63, 3.8) is 0 Å². The second-order valence-corrected chi connectivity index (χ2v) is 6.37. The molecule has 0 atom stereocenters. The Labute approximate surface area is 123 Å². The maximum atomic E-state index is 5.58. The third-order valence-electron chi connectivity index (χ3n) is 2.60. The largest absolute Gasteiger partial charge is 0.417 e. The number of benzene rings is 1. The molecule has 20 heavy (non-hydrogen) atoms. The summed E-state index contributed by atoms with van der Waals surface area (Å²) in [6.45, 7) is 6.98. The molecule has 2 rings (SSSR count). The molecule has 0 saturated heterocycles. The molecule has 0 aliphatic rings. The molecular weight excluding hydrogens is 272 g/mol. The van der Waals surface area contributed by atoms with Crippen LogP contribution in [0.5, 0.6) is 11.8 Å². The lowest BCUT2D eigenvalue weighted by atomic mass is 10.1. The average molecular weight is 292 g/mol. The van der Waals surface area contributed by atoms with E-state index in [0.29, 0.717) is 6.54 Å². The van der Waals surface area contributed by atoms with Crippen molar-refractivity contribution in [3.05, 3.63) is 36.2 Å². The van der Waals surface area contributed by atoms with Crippen LogP contribution in [0.2, 0.25) is 0 Å². The number of thioether (sulfide) groups is 1. The minimum atomic E-state index is 0.0492. The summed E-state index contributed by atoms with van der Waals surface area (Å²) < 4.78 is 10.9. The van der Waals surface area contributed by atoms with Gasteiger partial charge < -0.3 is 14.5 Å². The Morgan fingerprint density at radius 2 is 1.95 bits per heavy atom. The molecule has 0 aliphatic heterocycles. The molecule has 4 nitrogen and oxygen atoms in total. The monoisotopic (exact) mass is 292 g/mol. The summed E-state index contributed by atoms with van der Waals surface area (Å²) in [6, 6.07) is 7.82. The van der Waals surface area contributed by atoms with Crippen LogP contribution in [0.1, 0.15) is 26.5 Å². The van der Waals surface area contributed by atoms with Crippen molar-refractivity contribution in [1.82, 2.24) is 10.3 Å². The van der Waals surface area contributed by atoms with Crippen LogP contribution in [0.25, 0.3) is 0 Å². The number of ether oxygens (including phenoxy) is 1. The Bertz CT molecular complexity index is 544. The fourth-order valence-corrected chi connectivity index (χ4v) is 1.93. The zero-order chi connectivity index (χ0) is 14.6. The molecule has 1 heterocycles. The molecule has 1 aromatic carbocycles. The van der Waals surface area contributed by atoms with Crippen LogP contribution in [-0.4, -0.2) is 16.8 Å². The van der Waals surface area contributed by atoms with Crippen LogP contribution >= 0.6 is 11.8 Å². The number of hydrogen-bond donors (Lipinski definition) is 1. The number of rotatable bonds is 5. The van der Waals surface area contributed by atoms with Crippen LogP contribution in [0.15, 0.2) is 39.8 Å². The summed E-state index contributed by atoms with van der Waals surface area (Å²) in [5.41, 5.74) is 0.879. The standard InChI is InChI=1S/C15H20N2O2S/c1-15(2,3)16-9-11-10-18-14(17-11)19-12-5-7-13(20-4)8-6-12/h5-8,10,16H,9H2,1-4H3. The highest BCUT2D eigenvalue weighted by atomic mass is 32.2.